The molecule has 42 heavy (non-hydrogen) atoms. The van der Waals surface area contributed by atoms with Crippen molar-refractivity contribution >= 4 is 60.7 Å². The smallest absolute Gasteiger partial charge is 0.186 e. The van der Waals surface area contributed by atoms with Crippen LogP contribution in [0.3, 0.4) is 0 Å². The van der Waals surface area contributed by atoms with Gasteiger partial charge in [-0.05, 0) is 57.8 Å². The van der Waals surface area contributed by atoms with Crippen LogP contribution in [0.4, 0.5) is 13.2 Å². The van der Waals surface area contributed by atoms with Gasteiger partial charge in [0.1, 0.15) is 5.69 Å². The van der Waals surface area contributed by atoms with E-state index in [0.29, 0.717) is 16.6 Å². The number of pyridine rings is 1. The van der Waals surface area contributed by atoms with Crippen molar-refractivity contribution in [3.05, 3.63) is 136 Å². The lowest BCUT2D eigenvalue weighted by Gasteiger charge is -2.16. The molecular formula is C35H19F3IN3. The highest BCUT2D eigenvalue weighted by Gasteiger charge is 2.28. The molecule has 0 aliphatic carbocycles. The van der Waals surface area contributed by atoms with Gasteiger partial charge >= 0.3 is 0 Å². The Morgan fingerprint density at radius 1 is 0.595 bits per heavy atom. The molecule has 0 radical (unpaired) electrons. The minimum absolute atomic E-state index is 0.00975. The molecule has 7 heteroatoms. The number of benzene rings is 5. The summed E-state index contributed by atoms with van der Waals surface area (Å²) < 4.78 is 51.3. The highest BCUT2D eigenvalue weighted by Crippen LogP contribution is 2.40. The second-order valence-electron chi connectivity index (χ2n) is 10.2. The Balaban J connectivity index is 1.24. The molecule has 3 aromatic heterocycles. The molecule has 0 aliphatic heterocycles. The average Bonchev–Trinajstić information content (AvgIpc) is 3.59. The Bertz CT molecular complexity index is 2220. The maximum atomic E-state index is 16.1. The lowest BCUT2D eigenvalue weighted by atomic mass is 10.0. The summed E-state index contributed by atoms with van der Waals surface area (Å²) in [6.07, 6.45) is 1.98. The Labute approximate surface area is 251 Å². The quantitative estimate of drug-likeness (QED) is 0.136. The number of halogens is 4. The number of para-hydroxylation sites is 2. The summed E-state index contributed by atoms with van der Waals surface area (Å²) in [6, 6.07) is 33.8. The van der Waals surface area contributed by atoms with E-state index in [9.17, 15) is 0 Å². The first-order chi connectivity index (χ1) is 20.5. The number of hydrogen-bond acceptors (Lipinski definition) is 1. The molecule has 0 saturated heterocycles. The maximum absolute atomic E-state index is 16.1. The topological polar surface area (TPSA) is 22.2 Å². The van der Waals surface area contributed by atoms with Crippen molar-refractivity contribution in [2.24, 2.45) is 0 Å². The van der Waals surface area contributed by atoms with E-state index in [4.69, 9.17) is 5.10 Å². The van der Waals surface area contributed by atoms with E-state index in [2.05, 4.69) is 12.1 Å². The third kappa shape index (κ3) is 3.69. The molecule has 0 N–H and O–H groups in total. The molecule has 0 amide bonds. The second kappa shape index (κ2) is 9.46. The summed E-state index contributed by atoms with van der Waals surface area (Å²) in [5, 5.41) is 8.57. The van der Waals surface area contributed by atoms with Gasteiger partial charge in [-0.25, -0.2) is 17.7 Å². The van der Waals surface area contributed by atoms with Gasteiger partial charge < -0.3 is 4.57 Å². The standard InChI is InChI=1S/C35H19F3IN3/c36-31-30(21-15-13-20(14-16-21)27-18-24-17-22-7-1-2-8-23(22)19-41(24)40-27)34(39)33(38)35(32(31)37)42-28-11-5-3-9-25(28)26-10-4-6-12-29(26)42/h1-19H. The molecule has 0 saturated carbocycles. The first-order valence-corrected chi connectivity index (χ1v) is 14.4. The predicted octanol–water partition coefficient (Wildman–Crippen LogP) is 9.94. The molecular weight excluding hydrogens is 646 g/mol. The van der Waals surface area contributed by atoms with E-state index in [1.807, 2.05) is 59.2 Å². The third-order valence-electron chi connectivity index (χ3n) is 7.84. The van der Waals surface area contributed by atoms with Crippen molar-refractivity contribution in [2.75, 3.05) is 0 Å². The van der Waals surface area contributed by atoms with Gasteiger partial charge in [0, 0.05) is 33.5 Å². The molecule has 0 aliphatic rings. The third-order valence-corrected chi connectivity index (χ3v) is 8.85. The van der Waals surface area contributed by atoms with Crippen LogP contribution in [0.25, 0.3) is 66.2 Å². The Hall–Kier alpha value is -4.63. The lowest BCUT2D eigenvalue weighted by molar-refractivity contribution is 0.490. The molecule has 202 valence electrons. The Kier molecular flexibility index (Phi) is 5.65. The monoisotopic (exact) mass is 665 g/mol. The summed E-state index contributed by atoms with van der Waals surface area (Å²) in [5.74, 6) is -3.14. The minimum Gasteiger partial charge on any atom is -0.304 e. The van der Waals surface area contributed by atoms with Crippen LogP contribution in [0.1, 0.15) is 0 Å². The van der Waals surface area contributed by atoms with E-state index in [-0.39, 0.29) is 9.13 Å². The van der Waals surface area contributed by atoms with Crippen LogP contribution in [0.15, 0.2) is 115 Å². The van der Waals surface area contributed by atoms with E-state index >= 15 is 13.2 Å². The fraction of sp³-hybridized carbons (Fsp3) is 0. The van der Waals surface area contributed by atoms with Gasteiger partial charge in [0.25, 0.3) is 0 Å². The van der Waals surface area contributed by atoms with Gasteiger partial charge in [0.15, 0.2) is 17.5 Å². The Morgan fingerprint density at radius 2 is 1.19 bits per heavy atom. The first-order valence-electron chi connectivity index (χ1n) is 13.3. The number of rotatable bonds is 3. The number of fused-ring (bicyclic) bond motifs is 5. The zero-order valence-electron chi connectivity index (χ0n) is 21.8. The summed E-state index contributed by atoms with van der Waals surface area (Å²) >= 11 is 1.77. The average molecular weight is 665 g/mol. The first kappa shape index (κ1) is 25.1. The van der Waals surface area contributed by atoms with Crippen molar-refractivity contribution in [1.82, 2.24) is 14.2 Å². The molecule has 0 spiro atoms. The second-order valence-corrected chi connectivity index (χ2v) is 11.3. The van der Waals surface area contributed by atoms with Crippen LogP contribution in [-0.2, 0) is 0 Å². The van der Waals surface area contributed by atoms with Crippen LogP contribution in [-0.4, -0.2) is 14.2 Å². The van der Waals surface area contributed by atoms with Crippen molar-refractivity contribution < 1.29 is 13.2 Å². The zero-order chi connectivity index (χ0) is 28.5. The fourth-order valence-electron chi connectivity index (χ4n) is 5.85. The summed E-state index contributed by atoms with van der Waals surface area (Å²) in [7, 11) is 0. The van der Waals surface area contributed by atoms with Gasteiger partial charge in [-0.15, -0.1) is 0 Å². The molecule has 8 aromatic rings. The zero-order valence-corrected chi connectivity index (χ0v) is 24.0. The molecule has 0 bridgehead atoms. The summed E-state index contributed by atoms with van der Waals surface area (Å²) in [4.78, 5) is 0. The highest BCUT2D eigenvalue weighted by atomic mass is 127. The van der Waals surface area contributed by atoms with E-state index in [0.717, 1.165) is 38.3 Å². The minimum atomic E-state index is -1.23. The molecule has 3 nitrogen and oxygen atoms in total. The van der Waals surface area contributed by atoms with Crippen LogP contribution >= 0.6 is 22.6 Å². The molecule has 5 aromatic carbocycles. The fourth-order valence-corrected chi connectivity index (χ4v) is 6.66. The molecule has 0 atom stereocenters. The van der Waals surface area contributed by atoms with E-state index in [1.54, 1.807) is 71.1 Å². The highest BCUT2D eigenvalue weighted by molar-refractivity contribution is 14.1. The summed E-state index contributed by atoms with van der Waals surface area (Å²) in [5.41, 5.74) is 3.54. The number of aromatic nitrogens is 3. The van der Waals surface area contributed by atoms with E-state index < -0.39 is 23.1 Å². The van der Waals surface area contributed by atoms with Crippen LogP contribution in [0, 0.1) is 21.0 Å². The van der Waals surface area contributed by atoms with Crippen molar-refractivity contribution in [2.45, 2.75) is 0 Å². The summed E-state index contributed by atoms with van der Waals surface area (Å²) in [6.45, 7) is 0. The van der Waals surface area contributed by atoms with E-state index in [1.165, 1.54) is 4.57 Å². The predicted molar refractivity (Wildman–Crippen MR) is 170 cm³/mol. The largest absolute Gasteiger partial charge is 0.304 e. The molecule has 3 heterocycles. The van der Waals surface area contributed by atoms with Gasteiger partial charge in [0.05, 0.1) is 25.8 Å². The molecule has 8 rings (SSSR count). The Morgan fingerprint density at radius 3 is 1.88 bits per heavy atom. The molecule has 0 unspecified atom stereocenters. The van der Waals surface area contributed by atoms with Gasteiger partial charge in [-0.3, -0.25) is 0 Å². The van der Waals surface area contributed by atoms with Gasteiger partial charge in [0.2, 0.25) is 0 Å². The molecule has 0 fully saturated rings. The van der Waals surface area contributed by atoms with Crippen LogP contribution in [0.2, 0.25) is 0 Å². The van der Waals surface area contributed by atoms with Crippen LogP contribution in [0.5, 0.6) is 0 Å². The van der Waals surface area contributed by atoms with Crippen molar-refractivity contribution in [3.8, 4) is 28.1 Å². The van der Waals surface area contributed by atoms with Gasteiger partial charge in [-0.1, -0.05) is 84.9 Å². The maximum Gasteiger partial charge on any atom is 0.186 e. The van der Waals surface area contributed by atoms with Gasteiger partial charge in [-0.2, -0.15) is 5.10 Å². The number of hydrogen-bond donors (Lipinski definition) is 0. The van der Waals surface area contributed by atoms with Crippen molar-refractivity contribution in [1.29, 1.82) is 0 Å². The lowest BCUT2D eigenvalue weighted by Crippen LogP contribution is -2.08. The normalized spacial score (nSPS) is 11.8. The van der Waals surface area contributed by atoms with Crippen LogP contribution < -0.4 is 0 Å². The van der Waals surface area contributed by atoms with Crippen molar-refractivity contribution in [3.63, 3.8) is 0 Å². The number of nitrogens with zero attached hydrogens (tertiary/aromatic N) is 3. The SMILES string of the molecule is Fc1c(F)c(-n2c3ccccc3c3ccccc32)c(F)c(I)c1-c1ccc(-c2cc3cc4ccccc4cn3n2)cc1.